The summed E-state index contributed by atoms with van der Waals surface area (Å²) in [6.07, 6.45) is 0.836. The Kier molecular flexibility index (Phi) is 6.91. The van der Waals surface area contributed by atoms with Crippen LogP contribution in [-0.2, 0) is 0 Å². The van der Waals surface area contributed by atoms with Gasteiger partial charge in [-0.1, -0.05) is 18.5 Å². The van der Waals surface area contributed by atoms with E-state index < -0.39 is 0 Å². The van der Waals surface area contributed by atoms with Gasteiger partial charge in [0.15, 0.2) is 23.0 Å². The lowest BCUT2D eigenvalue weighted by molar-refractivity contribution is 0.102. The molecule has 0 spiro atoms. The number of ether oxygens (including phenoxy) is 4. The van der Waals surface area contributed by atoms with Crippen LogP contribution in [-0.4, -0.2) is 32.3 Å². The first-order valence-electron chi connectivity index (χ1n) is 9.03. The van der Waals surface area contributed by atoms with Crippen LogP contribution in [0.4, 0.5) is 5.69 Å². The molecule has 0 atom stereocenters. The maximum atomic E-state index is 12.8. The first-order valence-corrected chi connectivity index (χ1v) is 10.2. The quantitative estimate of drug-likeness (QED) is 0.594. The van der Waals surface area contributed by atoms with Gasteiger partial charge in [-0.2, -0.15) is 0 Å². The minimum atomic E-state index is -0.331. The Labute approximate surface area is 177 Å². The summed E-state index contributed by atoms with van der Waals surface area (Å²) in [5.74, 6) is 1.77. The average molecular weight is 471 g/mol. The second-order valence-corrected chi connectivity index (χ2v) is 7.26. The summed E-state index contributed by atoms with van der Waals surface area (Å²) >= 11 is 9.80. The van der Waals surface area contributed by atoms with Gasteiger partial charge in [0.1, 0.15) is 13.2 Å². The lowest BCUT2D eigenvalue weighted by Crippen LogP contribution is -2.17. The van der Waals surface area contributed by atoms with E-state index in [2.05, 4.69) is 21.2 Å². The van der Waals surface area contributed by atoms with Crippen LogP contribution in [0.25, 0.3) is 0 Å². The number of carbonyl (C=O) groups excluding carboxylic acids is 1. The Morgan fingerprint density at radius 1 is 1.14 bits per heavy atom. The number of fused-ring (bicyclic) bond motifs is 1. The van der Waals surface area contributed by atoms with Crippen molar-refractivity contribution in [2.24, 2.45) is 0 Å². The number of benzene rings is 2. The number of nitrogens with one attached hydrogen (secondary N) is 1. The number of carbonyl (C=O) groups is 1. The Morgan fingerprint density at radius 2 is 1.86 bits per heavy atom. The van der Waals surface area contributed by atoms with Crippen molar-refractivity contribution in [3.8, 4) is 23.0 Å². The Bertz CT molecular complexity index is 874. The monoisotopic (exact) mass is 469 g/mol. The van der Waals surface area contributed by atoms with Crippen molar-refractivity contribution in [3.63, 3.8) is 0 Å². The van der Waals surface area contributed by atoms with E-state index in [-0.39, 0.29) is 5.91 Å². The predicted molar refractivity (Wildman–Crippen MR) is 111 cm³/mol. The molecular formula is C20H21BrClNO5. The van der Waals surface area contributed by atoms with Crippen molar-refractivity contribution < 1.29 is 23.7 Å². The first kappa shape index (κ1) is 20.6. The molecule has 0 aromatic heterocycles. The van der Waals surface area contributed by atoms with Gasteiger partial charge in [0, 0.05) is 22.2 Å². The molecule has 150 valence electrons. The van der Waals surface area contributed by atoms with E-state index in [1.54, 1.807) is 24.3 Å². The van der Waals surface area contributed by atoms with Crippen molar-refractivity contribution in [3.05, 3.63) is 39.3 Å². The Hall–Kier alpha value is -2.12. The number of hydrogen-bond donors (Lipinski definition) is 1. The largest absolute Gasteiger partial charge is 0.490 e. The van der Waals surface area contributed by atoms with Crippen LogP contribution in [0.5, 0.6) is 23.0 Å². The highest BCUT2D eigenvalue weighted by Gasteiger charge is 2.19. The predicted octanol–water partition coefficient (Wildman–Crippen LogP) is 5.31. The van der Waals surface area contributed by atoms with Crippen LogP contribution in [0.1, 0.15) is 30.6 Å². The summed E-state index contributed by atoms with van der Waals surface area (Å²) in [6.45, 7) is 5.76. The third kappa shape index (κ3) is 4.64. The third-order valence-corrected chi connectivity index (χ3v) is 4.84. The SMILES string of the molecule is CCCOc1c(Cl)cc(C(=O)Nc2cc3c(cc2Br)OCCO3)cc1OCC. The molecule has 6 nitrogen and oxygen atoms in total. The molecule has 28 heavy (non-hydrogen) atoms. The molecule has 0 saturated carbocycles. The maximum absolute atomic E-state index is 12.8. The lowest BCUT2D eigenvalue weighted by Gasteiger charge is -2.20. The van der Waals surface area contributed by atoms with Crippen molar-refractivity contribution in [2.45, 2.75) is 20.3 Å². The van der Waals surface area contributed by atoms with Crippen molar-refractivity contribution >= 4 is 39.1 Å². The fraction of sp³-hybridized carbons (Fsp3) is 0.350. The molecule has 1 N–H and O–H groups in total. The zero-order valence-electron chi connectivity index (χ0n) is 15.6. The van der Waals surface area contributed by atoms with E-state index in [1.807, 2.05) is 13.8 Å². The number of amides is 1. The second kappa shape index (κ2) is 9.39. The summed E-state index contributed by atoms with van der Waals surface area (Å²) in [5.41, 5.74) is 0.925. The normalized spacial score (nSPS) is 12.4. The summed E-state index contributed by atoms with van der Waals surface area (Å²) in [6, 6.07) is 6.68. The van der Waals surface area contributed by atoms with Crippen molar-refractivity contribution in [1.29, 1.82) is 0 Å². The first-order chi connectivity index (χ1) is 13.5. The smallest absolute Gasteiger partial charge is 0.255 e. The van der Waals surface area contributed by atoms with Gasteiger partial charge in [-0.15, -0.1) is 0 Å². The van der Waals surface area contributed by atoms with Gasteiger partial charge >= 0.3 is 0 Å². The van der Waals surface area contributed by atoms with Crippen LogP contribution < -0.4 is 24.3 Å². The van der Waals surface area contributed by atoms with E-state index >= 15 is 0 Å². The fourth-order valence-corrected chi connectivity index (χ4v) is 3.35. The number of anilines is 1. The summed E-state index contributed by atoms with van der Waals surface area (Å²) in [7, 11) is 0. The highest BCUT2D eigenvalue weighted by atomic mass is 79.9. The Balaban J connectivity index is 1.86. The van der Waals surface area contributed by atoms with Crippen LogP contribution >= 0.6 is 27.5 Å². The number of halogens is 2. The maximum Gasteiger partial charge on any atom is 0.255 e. The lowest BCUT2D eigenvalue weighted by atomic mass is 10.1. The average Bonchev–Trinajstić information content (AvgIpc) is 2.68. The van der Waals surface area contributed by atoms with Gasteiger partial charge in [-0.3, -0.25) is 4.79 Å². The molecule has 1 heterocycles. The molecule has 1 aliphatic heterocycles. The van der Waals surface area contributed by atoms with Gasteiger partial charge in [-0.05, 0) is 41.4 Å². The third-order valence-electron chi connectivity index (χ3n) is 3.90. The Morgan fingerprint density at radius 3 is 2.54 bits per heavy atom. The van der Waals surface area contributed by atoms with E-state index in [9.17, 15) is 4.79 Å². The van der Waals surface area contributed by atoms with Gasteiger partial charge in [0.05, 0.1) is 23.9 Å². The molecular weight excluding hydrogens is 450 g/mol. The molecule has 2 aromatic rings. The molecule has 1 amide bonds. The minimum Gasteiger partial charge on any atom is -0.490 e. The van der Waals surface area contributed by atoms with E-state index in [4.69, 9.17) is 30.5 Å². The molecule has 8 heteroatoms. The minimum absolute atomic E-state index is 0.325. The molecule has 0 fully saturated rings. The summed E-state index contributed by atoms with van der Waals surface area (Å²) < 4.78 is 23.1. The standard InChI is InChI=1S/C20H21BrClNO5/c1-3-5-28-19-14(22)8-12(9-18(19)25-4-2)20(24)23-15-11-17-16(10-13(15)21)26-6-7-27-17/h8-11H,3-7H2,1-2H3,(H,23,24). The molecule has 0 bridgehead atoms. The molecule has 2 aromatic carbocycles. The van der Waals surface area contributed by atoms with E-state index in [0.29, 0.717) is 70.2 Å². The van der Waals surface area contributed by atoms with Crippen LogP contribution in [0.3, 0.4) is 0 Å². The zero-order chi connectivity index (χ0) is 20.1. The van der Waals surface area contributed by atoms with Crippen LogP contribution in [0.2, 0.25) is 5.02 Å². The topological polar surface area (TPSA) is 66.0 Å². The summed E-state index contributed by atoms with van der Waals surface area (Å²) in [4.78, 5) is 12.8. The van der Waals surface area contributed by atoms with Gasteiger partial charge in [0.2, 0.25) is 0 Å². The van der Waals surface area contributed by atoms with Crippen molar-refractivity contribution in [1.82, 2.24) is 0 Å². The molecule has 1 aliphatic rings. The van der Waals surface area contributed by atoms with Crippen LogP contribution in [0, 0.1) is 0 Å². The molecule has 0 saturated heterocycles. The number of hydrogen-bond acceptors (Lipinski definition) is 5. The van der Waals surface area contributed by atoms with Crippen LogP contribution in [0.15, 0.2) is 28.7 Å². The fourth-order valence-electron chi connectivity index (χ4n) is 2.66. The summed E-state index contributed by atoms with van der Waals surface area (Å²) in [5, 5.41) is 3.18. The zero-order valence-corrected chi connectivity index (χ0v) is 18.0. The highest BCUT2D eigenvalue weighted by molar-refractivity contribution is 9.10. The van der Waals surface area contributed by atoms with Crippen molar-refractivity contribution in [2.75, 3.05) is 31.7 Å². The second-order valence-electron chi connectivity index (χ2n) is 6.00. The van der Waals surface area contributed by atoms with E-state index in [1.165, 1.54) is 0 Å². The molecule has 0 aliphatic carbocycles. The molecule has 0 unspecified atom stereocenters. The van der Waals surface area contributed by atoms with Gasteiger partial charge in [-0.25, -0.2) is 0 Å². The highest BCUT2D eigenvalue weighted by Crippen LogP contribution is 2.39. The van der Waals surface area contributed by atoms with Gasteiger partial charge in [0.25, 0.3) is 5.91 Å². The molecule has 3 rings (SSSR count). The molecule has 0 radical (unpaired) electrons. The number of rotatable bonds is 7. The van der Waals surface area contributed by atoms with E-state index in [0.717, 1.165) is 6.42 Å². The van der Waals surface area contributed by atoms with Gasteiger partial charge < -0.3 is 24.3 Å².